The van der Waals surface area contributed by atoms with Gasteiger partial charge >= 0.3 is 0 Å². The molecular weight excluding hydrogens is 213 g/mol. The Morgan fingerprint density at radius 1 is 1.41 bits per heavy atom. The van der Waals surface area contributed by atoms with Crippen LogP contribution >= 0.6 is 0 Å². The molecule has 0 bridgehead atoms. The molecule has 0 spiro atoms. The fourth-order valence-electron chi connectivity index (χ4n) is 1.85. The largest absolute Gasteiger partial charge is 0.310 e. The smallest absolute Gasteiger partial charge is 0.127 e. The maximum Gasteiger partial charge on any atom is 0.127 e. The van der Waals surface area contributed by atoms with Gasteiger partial charge in [0.1, 0.15) is 5.82 Å². The van der Waals surface area contributed by atoms with E-state index in [2.05, 4.69) is 18.2 Å². The van der Waals surface area contributed by atoms with E-state index in [0.29, 0.717) is 0 Å². The summed E-state index contributed by atoms with van der Waals surface area (Å²) in [6, 6.07) is 7.03. The minimum atomic E-state index is -0.137. The molecule has 1 nitrogen and oxygen atoms in total. The van der Waals surface area contributed by atoms with Crippen LogP contribution in [0.5, 0.6) is 0 Å². The zero-order chi connectivity index (χ0) is 12.5. The molecule has 2 heteroatoms. The fraction of sp³-hybridized carbons (Fsp3) is 0.467. The quantitative estimate of drug-likeness (QED) is 0.559. The summed E-state index contributed by atoms with van der Waals surface area (Å²) < 4.78 is 13.7. The molecular formula is C15H20FN. The average Bonchev–Trinajstić information content (AvgIpc) is 2.35. The summed E-state index contributed by atoms with van der Waals surface area (Å²) in [5.41, 5.74) is 0.748. The molecule has 1 rings (SSSR count). The maximum atomic E-state index is 13.7. The molecule has 0 amide bonds. The first-order valence-corrected chi connectivity index (χ1v) is 6.20. The van der Waals surface area contributed by atoms with Crippen LogP contribution in [-0.2, 0) is 0 Å². The Kier molecular flexibility index (Phi) is 6.35. The van der Waals surface area contributed by atoms with Gasteiger partial charge in [-0.3, -0.25) is 0 Å². The Morgan fingerprint density at radius 3 is 2.82 bits per heavy atom. The standard InChI is InChI=1S/C15H20FN/c1-3-5-6-11-15(17-12-4-2)13-9-7-8-10-14(13)16/h1,7-10,15,17H,4-6,11-12H2,2H3. The summed E-state index contributed by atoms with van der Waals surface area (Å²) in [7, 11) is 0. The summed E-state index contributed by atoms with van der Waals surface area (Å²) in [6.07, 6.45) is 8.83. The third-order valence-corrected chi connectivity index (χ3v) is 2.74. The minimum absolute atomic E-state index is 0.0736. The van der Waals surface area contributed by atoms with Gasteiger partial charge in [0, 0.05) is 18.0 Å². The van der Waals surface area contributed by atoms with Crippen LogP contribution < -0.4 is 5.32 Å². The summed E-state index contributed by atoms with van der Waals surface area (Å²) in [5.74, 6) is 2.49. The Bertz CT molecular complexity index is 367. The lowest BCUT2D eigenvalue weighted by atomic mass is 10.0. The van der Waals surface area contributed by atoms with Crippen LogP contribution in [-0.4, -0.2) is 6.54 Å². The molecule has 92 valence electrons. The molecule has 0 heterocycles. The van der Waals surface area contributed by atoms with Gasteiger partial charge in [-0.1, -0.05) is 25.1 Å². The highest BCUT2D eigenvalue weighted by Gasteiger charge is 2.13. The van der Waals surface area contributed by atoms with Crippen LogP contribution in [0.1, 0.15) is 44.2 Å². The van der Waals surface area contributed by atoms with Gasteiger partial charge in [0.15, 0.2) is 0 Å². The first-order chi connectivity index (χ1) is 8.29. The third kappa shape index (κ3) is 4.58. The van der Waals surface area contributed by atoms with Gasteiger partial charge in [-0.15, -0.1) is 12.3 Å². The summed E-state index contributed by atoms with van der Waals surface area (Å²) in [6.45, 7) is 3.00. The predicted molar refractivity (Wildman–Crippen MR) is 70.1 cm³/mol. The zero-order valence-electron chi connectivity index (χ0n) is 10.4. The van der Waals surface area contributed by atoms with Crippen LogP contribution in [0.3, 0.4) is 0 Å². The molecule has 0 fully saturated rings. The van der Waals surface area contributed by atoms with Crippen LogP contribution in [0.4, 0.5) is 4.39 Å². The van der Waals surface area contributed by atoms with Crippen molar-refractivity contribution in [2.75, 3.05) is 6.54 Å². The molecule has 1 unspecified atom stereocenters. The molecule has 1 N–H and O–H groups in total. The van der Waals surface area contributed by atoms with Gasteiger partial charge in [-0.25, -0.2) is 4.39 Å². The number of halogens is 1. The van der Waals surface area contributed by atoms with Gasteiger partial charge in [0.25, 0.3) is 0 Å². The predicted octanol–water partition coefficient (Wildman–Crippen LogP) is 3.67. The fourth-order valence-corrected chi connectivity index (χ4v) is 1.85. The van der Waals surface area contributed by atoms with Crippen molar-refractivity contribution in [2.45, 2.75) is 38.6 Å². The van der Waals surface area contributed by atoms with E-state index < -0.39 is 0 Å². The van der Waals surface area contributed by atoms with E-state index in [4.69, 9.17) is 6.42 Å². The van der Waals surface area contributed by atoms with Crippen molar-refractivity contribution in [3.63, 3.8) is 0 Å². The van der Waals surface area contributed by atoms with Crippen LogP contribution in [0.25, 0.3) is 0 Å². The van der Waals surface area contributed by atoms with Crippen LogP contribution in [0, 0.1) is 18.2 Å². The average molecular weight is 233 g/mol. The molecule has 1 aromatic rings. The zero-order valence-corrected chi connectivity index (χ0v) is 10.4. The molecule has 0 saturated carbocycles. The van der Waals surface area contributed by atoms with E-state index in [1.807, 2.05) is 12.1 Å². The molecule has 1 atom stereocenters. The molecule has 0 aliphatic carbocycles. The second-order valence-corrected chi connectivity index (χ2v) is 4.12. The maximum absolute atomic E-state index is 13.7. The summed E-state index contributed by atoms with van der Waals surface area (Å²) in [5, 5.41) is 3.38. The first kappa shape index (κ1) is 13.7. The van der Waals surface area contributed by atoms with Gasteiger partial charge in [-0.05, 0) is 31.9 Å². The van der Waals surface area contributed by atoms with Crippen molar-refractivity contribution in [2.24, 2.45) is 0 Å². The Hall–Kier alpha value is -1.33. The Labute approximate surface area is 103 Å². The summed E-state index contributed by atoms with van der Waals surface area (Å²) in [4.78, 5) is 0. The van der Waals surface area contributed by atoms with Crippen molar-refractivity contribution >= 4 is 0 Å². The molecule has 0 aliphatic heterocycles. The lowest BCUT2D eigenvalue weighted by molar-refractivity contribution is 0.464. The number of terminal acetylenes is 1. The normalized spacial score (nSPS) is 12.1. The molecule has 0 saturated heterocycles. The Balaban J connectivity index is 2.68. The SMILES string of the molecule is C#CCCCC(NCCC)c1ccccc1F. The molecule has 0 radical (unpaired) electrons. The van der Waals surface area contributed by atoms with Crippen molar-refractivity contribution < 1.29 is 4.39 Å². The van der Waals surface area contributed by atoms with E-state index in [9.17, 15) is 4.39 Å². The number of hydrogen-bond donors (Lipinski definition) is 1. The lowest BCUT2D eigenvalue weighted by Crippen LogP contribution is -2.23. The molecule has 1 aromatic carbocycles. The van der Waals surface area contributed by atoms with Crippen molar-refractivity contribution in [3.05, 3.63) is 35.6 Å². The third-order valence-electron chi connectivity index (χ3n) is 2.74. The highest BCUT2D eigenvalue weighted by Crippen LogP contribution is 2.22. The number of benzene rings is 1. The molecule has 17 heavy (non-hydrogen) atoms. The van der Waals surface area contributed by atoms with Gasteiger partial charge in [0.2, 0.25) is 0 Å². The number of unbranched alkanes of at least 4 members (excludes halogenated alkanes) is 1. The topological polar surface area (TPSA) is 12.0 Å². The molecule has 0 aliphatic rings. The molecule has 0 aromatic heterocycles. The van der Waals surface area contributed by atoms with Crippen molar-refractivity contribution in [3.8, 4) is 12.3 Å². The monoisotopic (exact) mass is 233 g/mol. The number of hydrogen-bond acceptors (Lipinski definition) is 1. The van der Waals surface area contributed by atoms with E-state index in [0.717, 1.165) is 37.8 Å². The summed E-state index contributed by atoms with van der Waals surface area (Å²) >= 11 is 0. The van der Waals surface area contributed by atoms with Crippen LogP contribution in [0.2, 0.25) is 0 Å². The lowest BCUT2D eigenvalue weighted by Gasteiger charge is -2.19. The van der Waals surface area contributed by atoms with Crippen molar-refractivity contribution in [1.29, 1.82) is 0 Å². The number of rotatable bonds is 7. The van der Waals surface area contributed by atoms with E-state index in [-0.39, 0.29) is 11.9 Å². The van der Waals surface area contributed by atoms with E-state index >= 15 is 0 Å². The van der Waals surface area contributed by atoms with E-state index in [1.54, 1.807) is 6.07 Å². The first-order valence-electron chi connectivity index (χ1n) is 6.20. The van der Waals surface area contributed by atoms with Gasteiger partial charge < -0.3 is 5.32 Å². The van der Waals surface area contributed by atoms with Crippen LogP contribution in [0.15, 0.2) is 24.3 Å². The minimum Gasteiger partial charge on any atom is -0.310 e. The highest BCUT2D eigenvalue weighted by molar-refractivity contribution is 5.21. The van der Waals surface area contributed by atoms with Crippen molar-refractivity contribution in [1.82, 2.24) is 5.32 Å². The Morgan fingerprint density at radius 2 is 2.18 bits per heavy atom. The van der Waals surface area contributed by atoms with E-state index in [1.165, 1.54) is 6.07 Å². The van der Waals surface area contributed by atoms with Gasteiger partial charge in [0.05, 0.1) is 0 Å². The second kappa shape index (κ2) is 7.86. The highest BCUT2D eigenvalue weighted by atomic mass is 19.1. The van der Waals surface area contributed by atoms with Gasteiger partial charge in [-0.2, -0.15) is 0 Å². The number of nitrogens with one attached hydrogen (secondary N) is 1. The second-order valence-electron chi connectivity index (χ2n) is 4.12.